The van der Waals surface area contributed by atoms with Crippen LogP contribution in [-0.2, 0) is 17.8 Å². The summed E-state index contributed by atoms with van der Waals surface area (Å²) in [6, 6.07) is 17.6. The van der Waals surface area contributed by atoms with Crippen LogP contribution >= 0.6 is 0 Å². The second kappa shape index (κ2) is 7.76. The Bertz CT molecular complexity index is 591. The van der Waals surface area contributed by atoms with E-state index in [1.165, 1.54) is 5.56 Å². The van der Waals surface area contributed by atoms with Crippen LogP contribution in [0.25, 0.3) is 0 Å². The largest absolute Gasteiger partial charge is 0.351 e. The Labute approximate surface area is 132 Å². The number of hydrogen-bond donors (Lipinski definition) is 2. The molecule has 2 aromatic carbocycles. The zero-order chi connectivity index (χ0) is 15.9. The van der Waals surface area contributed by atoms with Gasteiger partial charge in [0.15, 0.2) is 0 Å². The molecule has 0 saturated carbocycles. The first-order valence-corrected chi connectivity index (χ1v) is 7.72. The topological polar surface area (TPSA) is 55.1 Å². The number of benzene rings is 2. The van der Waals surface area contributed by atoms with Crippen molar-refractivity contribution in [3.05, 3.63) is 71.3 Å². The average Bonchev–Trinajstić information content (AvgIpc) is 2.53. The van der Waals surface area contributed by atoms with Gasteiger partial charge in [0.2, 0.25) is 5.91 Å². The third kappa shape index (κ3) is 4.71. The maximum atomic E-state index is 12.1. The second-order valence-corrected chi connectivity index (χ2v) is 5.91. The molecule has 0 unspecified atom stereocenters. The van der Waals surface area contributed by atoms with Crippen molar-refractivity contribution in [2.45, 2.75) is 38.8 Å². The maximum Gasteiger partial charge on any atom is 0.237 e. The summed E-state index contributed by atoms with van der Waals surface area (Å²) in [7, 11) is 0. The number of nitrogens with one attached hydrogen (secondary N) is 1. The Morgan fingerprint density at radius 1 is 1.00 bits per heavy atom. The van der Waals surface area contributed by atoms with Crippen molar-refractivity contribution in [1.29, 1.82) is 0 Å². The van der Waals surface area contributed by atoms with E-state index in [4.69, 9.17) is 5.73 Å². The number of nitrogens with two attached hydrogens (primary N) is 1. The lowest BCUT2D eigenvalue weighted by atomic mass is 10.0. The van der Waals surface area contributed by atoms with Crippen molar-refractivity contribution >= 4 is 5.91 Å². The minimum absolute atomic E-state index is 0.114. The van der Waals surface area contributed by atoms with Gasteiger partial charge < -0.3 is 11.1 Å². The fraction of sp³-hybridized carbons (Fsp3) is 0.316. The predicted octanol–water partition coefficient (Wildman–Crippen LogP) is 3.00. The van der Waals surface area contributed by atoms with E-state index in [-0.39, 0.29) is 5.91 Å². The summed E-state index contributed by atoms with van der Waals surface area (Å²) in [6.07, 6.45) is 0.555. The summed E-state index contributed by atoms with van der Waals surface area (Å²) in [5.74, 6) is 0.403. The van der Waals surface area contributed by atoms with E-state index in [0.29, 0.717) is 18.9 Å². The van der Waals surface area contributed by atoms with Gasteiger partial charge in [0, 0.05) is 6.54 Å². The molecule has 0 fully saturated rings. The van der Waals surface area contributed by atoms with E-state index >= 15 is 0 Å². The zero-order valence-electron chi connectivity index (χ0n) is 13.3. The van der Waals surface area contributed by atoms with Gasteiger partial charge in [-0.15, -0.1) is 0 Å². The highest BCUT2D eigenvalue weighted by atomic mass is 16.2. The van der Waals surface area contributed by atoms with Gasteiger partial charge in [0.05, 0.1) is 6.04 Å². The lowest BCUT2D eigenvalue weighted by Crippen LogP contribution is -2.41. The second-order valence-electron chi connectivity index (χ2n) is 5.91. The summed E-state index contributed by atoms with van der Waals surface area (Å²) in [4.78, 5) is 12.1. The van der Waals surface area contributed by atoms with E-state index in [9.17, 15) is 4.79 Å². The van der Waals surface area contributed by atoms with E-state index in [1.54, 1.807) is 0 Å². The molecular formula is C19H24N2O. The Hall–Kier alpha value is -2.13. The highest BCUT2D eigenvalue weighted by Gasteiger charge is 2.13. The van der Waals surface area contributed by atoms with Crippen LogP contribution in [0.3, 0.4) is 0 Å². The summed E-state index contributed by atoms with van der Waals surface area (Å²) >= 11 is 0. The maximum absolute atomic E-state index is 12.1. The molecule has 0 heterocycles. The van der Waals surface area contributed by atoms with Crippen molar-refractivity contribution in [3.8, 4) is 0 Å². The fourth-order valence-electron chi connectivity index (χ4n) is 2.30. The number of amides is 1. The number of carbonyl (C=O) groups excluding carboxylic acids is 1. The first-order chi connectivity index (χ1) is 10.6. The molecule has 0 saturated heterocycles. The lowest BCUT2D eigenvalue weighted by Gasteiger charge is -2.13. The molecule has 0 aliphatic rings. The van der Waals surface area contributed by atoms with Gasteiger partial charge >= 0.3 is 0 Å². The van der Waals surface area contributed by atoms with Crippen LogP contribution in [0.4, 0.5) is 0 Å². The molecule has 0 aromatic heterocycles. The lowest BCUT2D eigenvalue weighted by molar-refractivity contribution is -0.122. The first kappa shape index (κ1) is 16.2. The summed E-state index contributed by atoms with van der Waals surface area (Å²) in [5, 5.41) is 2.90. The van der Waals surface area contributed by atoms with Gasteiger partial charge in [0.25, 0.3) is 0 Å². The van der Waals surface area contributed by atoms with E-state index in [2.05, 4.69) is 43.4 Å². The van der Waals surface area contributed by atoms with Gasteiger partial charge in [0.1, 0.15) is 0 Å². The van der Waals surface area contributed by atoms with Crippen molar-refractivity contribution in [2.75, 3.05) is 0 Å². The van der Waals surface area contributed by atoms with Crippen LogP contribution in [0.15, 0.2) is 54.6 Å². The predicted molar refractivity (Wildman–Crippen MR) is 90.5 cm³/mol. The zero-order valence-corrected chi connectivity index (χ0v) is 13.3. The first-order valence-electron chi connectivity index (χ1n) is 7.72. The molecule has 3 N–H and O–H groups in total. The van der Waals surface area contributed by atoms with E-state index in [0.717, 1.165) is 11.1 Å². The smallest absolute Gasteiger partial charge is 0.237 e. The molecule has 0 bridgehead atoms. The molecule has 3 heteroatoms. The monoisotopic (exact) mass is 296 g/mol. The van der Waals surface area contributed by atoms with Crippen LogP contribution in [0.1, 0.15) is 36.5 Å². The molecule has 0 radical (unpaired) electrons. The SMILES string of the molecule is CC(C)c1ccc(CNC(=O)[C@@H](N)Cc2ccccc2)cc1. The highest BCUT2D eigenvalue weighted by molar-refractivity contribution is 5.81. The van der Waals surface area contributed by atoms with Crippen LogP contribution < -0.4 is 11.1 Å². The van der Waals surface area contributed by atoms with Crippen molar-refractivity contribution < 1.29 is 4.79 Å². The Morgan fingerprint density at radius 2 is 1.64 bits per heavy atom. The quantitative estimate of drug-likeness (QED) is 0.861. The molecule has 0 spiro atoms. The molecule has 1 atom stereocenters. The van der Waals surface area contributed by atoms with Gasteiger partial charge in [-0.05, 0) is 29.0 Å². The molecular weight excluding hydrogens is 272 g/mol. The minimum Gasteiger partial charge on any atom is -0.351 e. The normalized spacial score (nSPS) is 12.2. The molecule has 0 aliphatic carbocycles. The Kier molecular flexibility index (Phi) is 5.73. The fourth-order valence-corrected chi connectivity index (χ4v) is 2.30. The molecule has 3 nitrogen and oxygen atoms in total. The van der Waals surface area contributed by atoms with Crippen molar-refractivity contribution in [1.82, 2.24) is 5.32 Å². The van der Waals surface area contributed by atoms with Crippen LogP contribution in [0, 0.1) is 0 Å². The molecule has 2 aromatic rings. The number of carbonyl (C=O) groups is 1. The summed E-state index contributed by atoms with van der Waals surface area (Å²) < 4.78 is 0. The van der Waals surface area contributed by atoms with E-state index < -0.39 is 6.04 Å². The number of rotatable bonds is 6. The van der Waals surface area contributed by atoms with Gasteiger partial charge in [-0.1, -0.05) is 68.4 Å². The van der Waals surface area contributed by atoms with Gasteiger partial charge in [-0.25, -0.2) is 0 Å². The summed E-state index contributed by atoms with van der Waals surface area (Å²) in [6.45, 7) is 4.85. The molecule has 1 amide bonds. The Balaban J connectivity index is 1.84. The van der Waals surface area contributed by atoms with Crippen LogP contribution in [-0.4, -0.2) is 11.9 Å². The third-order valence-corrected chi connectivity index (χ3v) is 3.75. The third-order valence-electron chi connectivity index (χ3n) is 3.75. The van der Waals surface area contributed by atoms with Crippen LogP contribution in [0.5, 0.6) is 0 Å². The Morgan fingerprint density at radius 3 is 2.23 bits per heavy atom. The van der Waals surface area contributed by atoms with Gasteiger partial charge in [-0.3, -0.25) is 4.79 Å². The van der Waals surface area contributed by atoms with Crippen molar-refractivity contribution in [3.63, 3.8) is 0 Å². The standard InChI is InChI=1S/C19H24N2O/c1-14(2)17-10-8-16(9-11-17)13-21-19(22)18(20)12-15-6-4-3-5-7-15/h3-11,14,18H,12-13,20H2,1-2H3,(H,21,22)/t18-/m0/s1. The van der Waals surface area contributed by atoms with E-state index in [1.807, 2.05) is 30.3 Å². The molecule has 116 valence electrons. The average molecular weight is 296 g/mol. The molecule has 2 rings (SSSR count). The molecule has 22 heavy (non-hydrogen) atoms. The summed E-state index contributed by atoms with van der Waals surface area (Å²) in [5.41, 5.74) is 9.43. The van der Waals surface area contributed by atoms with Gasteiger partial charge in [-0.2, -0.15) is 0 Å². The highest BCUT2D eigenvalue weighted by Crippen LogP contribution is 2.14. The van der Waals surface area contributed by atoms with Crippen molar-refractivity contribution in [2.24, 2.45) is 5.73 Å². The minimum atomic E-state index is -0.516. The van der Waals surface area contributed by atoms with Crippen LogP contribution in [0.2, 0.25) is 0 Å². The molecule has 0 aliphatic heterocycles. The number of hydrogen-bond acceptors (Lipinski definition) is 2.